The highest BCUT2D eigenvalue weighted by Gasteiger charge is 2.14. The second-order valence-corrected chi connectivity index (χ2v) is 2.62. The zero-order valence-corrected chi connectivity index (χ0v) is 6.38. The minimum Gasteiger partial charge on any atom is -0.324 e. The molecule has 0 aliphatic carbocycles. The number of urea groups is 1. The zero-order chi connectivity index (χ0) is 8.10. The molecule has 62 valence electrons. The van der Waals surface area contributed by atoms with Crippen LogP contribution in [0.3, 0.4) is 0 Å². The van der Waals surface area contributed by atoms with E-state index >= 15 is 0 Å². The molecule has 0 radical (unpaired) electrons. The van der Waals surface area contributed by atoms with E-state index in [1.54, 1.807) is 4.90 Å². The second kappa shape index (κ2) is 3.95. The molecular formula is C7H12N2O2. The first-order valence-corrected chi connectivity index (χ1v) is 3.83. The Morgan fingerprint density at radius 2 is 1.91 bits per heavy atom. The predicted octanol–water partition coefficient (Wildman–Crippen LogP) is 0.338. The summed E-state index contributed by atoms with van der Waals surface area (Å²) in [6.45, 7) is 1.55. The van der Waals surface area contributed by atoms with Crippen molar-refractivity contribution in [3.63, 3.8) is 0 Å². The van der Waals surface area contributed by atoms with Gasteiger partial charge in [0.25, 0.3) is 0 Å². The van der Waals surface area contributed by atoms with E-state index in [2.05, 4.69) is 5.32 Å². The minimum absolute atomic E-state index is 0.264. The van der Waals surface area contributed by atoms with Crippen molar-refractivity contribution in [3.8, 4) is 0 Å². The normalized spacial score (nSPS) is 17.6. The van der Waals surface area contributed by atoms with Gasteiger partial charge in [0, 0.05) is 13.1 Å². The minimum atomic E-state index is -0.264. The van der Waals surface area contributed by atoms with Crippen LogP contribution in [0.1, 0.15) is 19.3 Å². The quantitative estimate of drug-likeness (QED) is 0.556. The van der Waals surface area contributed by atoms with Crippen molar-refractivity contribution >= 4 is 12.4 Å². The number of hydrogen-bond donors (Lipinski definition) is 1. The third-order valence-corrected chi connectivity index (χ3v) is 1.83. The van der Waals surface area contributed by atoms with E-state index in [1.165, 1.54) is 6.42 Å². The monoisotopic (exact) mass is 156 g/mol. The van der Waals surface area contributed by atoms with E-state index < -0.39 is 0 Å². The SMILES string of the molecule is O=CNC(=O)N1CCCCC1. The number of nitrogens with zero attached hydrogens (tertiary/aromatic N) is 1. The van der Waals surface area contributed by atoms with E-state index in [-0.39, 0.29) is 6.03 Å². The Labute approximate surface area is 65.6 Å². The molecule has 1 aliphatic heterocycles. The number of carbonyl (C=O) groups is 2. The van der Waals surface area contributed by atoms with Gasteiger partial charge >= 0.3 is 6.03 Å². The van der Waals surface area contributed by atoms with Crippen LogP contribution in [0.2, 0.25) is 0 Å². The van der Waals surface area contributed by atoms with Crippen LogP contribution < -0.4 is 5.32 Å². The summed E-state index contributed by atoms with van der Waals surface area (Å²) in [6.07, 6.45) is 3.71. The van der Waals surface area contributed by atoms with Crippen LogP contribution in [-0.4, -0.2) is 30.4 Å². The van der Waals surface area contributed by atoms with Gasteiger partial charge in [0.1, 0.15) is 0 Å². The summed E-state index contributed by atoms with van der Waals surface area (Å²) in [5, 5.41) is 2.12. The largest absolute Gasteiger partial charge is 0.324 e. The third-order valence-electron chi connectivity index (χ3n) is 1.83. The number of likely N-dealkylation sites (tertiary alicyclic amines) is 1. The molecule has 4 nitrogen and oxygen atoms in total. The lowest BCUT2D eigenvalue weighted by atomic mass is 10.1. The smallest absolute Gasteiger partial charge is 0.323 e. The molecule has 1 saturated heterocycles. The van der Waals surface area contributed by atoms with Crippen molar-refractivity contribution in [3.05, 3.63) is 0 Å². The fraction of sp³-hybridized carbons (Fsp3) is 0.714. The van der Waals surface area contributed by atoms with Crippen LogP contribution in [-0.2, 0) is 4.79 Å². The molecule has 3 amide bonds. The lowest BCUT2D eigenvalue weighted by molar-refractivity contribution is -0.108. The molecule has 0 bridgehead atoms. The molecule has 0 spiro atoms. The van der Waals surface area contributed by atoms with Gasteiger partial charge < -0.3 is 4.90 Å². The topological polar surface area (TPSA) is 49.4 Å². The molecule has 4 heteroatoms. The number of nitrogens with one attached hydrogen (secondary N) is 1. The first-order valence-electron chi connectivity index (χ1n) is 3.83. The number of rotatable bonds is 1. The summed E-state index contributed by atoms with van der Waals surface area (Å²) in [5.41, 5.74) is 0. The maximum absolute atomic E-state index is 11.0. The summed E-state index contributed by atoms with van der Waals surface area (Å²) >= 11 is 0. The summed E-state index contributed by atoms with van der Waals surface area (Å²) in [6, 6.07) is -0.264. The van der Waals surface area contributed by atoms with E-state index in [1.807, 2.05) is 0 Å². The second-order valence-electron chi connectivity index (χ2n) is 2.62. The Balaban J connectivity index is 2.32. The van der Waals surface area contributed by atoms with E-state index in [9.17, 15) is 9.59 Å². The van der Waals surface area contributed by atoms with Crippen LogP contribution >= 0.6 is 0 Å². The van der Waals surface area contributed by atoms with Gasteiger partial charge in [-0.05, 0) is 19.3 Å². The van der Waals surface area contributed by atoms with Gasteiger partial charge in [-0.2, -0.15) is 0 Å². The molecule has 1 rings (SSSR count). The van der Waals surface area contributed by atoms with Crippen molar-refractivity contribution in [1.82, 2.24) is 10.2 Å². The Bertz CT molecular complexity index is 153. The number of carbonyl (C=O) groups excluding carboxylic acids is 2. The summed E-state index contributed by atoms with van der Waals surface area (Å²) in [7, 11) is 0. The Morgan fingerprint density at radius 3 is 2.45 bits per heavy atom. The molecule has 0 unspecified atom stereocenters. The highest BCUT2D eigenvalue weighted by atomic mass is 16.2. The van der Waals surface area contributed by atoms with Crippen LogP contribution in [0, 0.1) is 0 Å². The van der Waals surface area contributed by atoms with Crippen LogP contribution in [0.25, 0.3) is 0 Å². The van der Waals surface area contributed by atoms with Gasteiger partial charge in [-0.1, -0.05) is 0 Å². The Hall–Kier alpha value is -1.06. The maximum Gasteiger partial charge on any atom is 0.323 e. The molecule has 1 heterocycles. The number of piperidine rings is 1. The highest BCUT2D eigenvalue weighted by molar-refractivity contribution is 5.84. The average molecular weight is 156 g/mol. The Kier molecular flexibility index (Phi) is 2.89. The fourth-order valence-corrected chi connectivity index (χ4v) is 1.24. The van der Waals surface area contributed by atoms with Crippen molar-refractivity contribution in [2.24, 2.45) is 0 Å². The fourth-order valence-electron chi connectivity index (χ4n) is 1.24. The van der Waals surface area contributed by atoms with Crippen LogP contribution in [0.15, 0.2) is 0 Å². The molecule has 1 N–H and O–H groups in total. The molecular weight excluding hydrogens is 144 g/mol. The predicted molar refractivity (Wildman–Crippen MR) is 40.0 cm³/mol. The molecule has 11 heavy (non-hydrogen) atoms. The molecule has 0 aromatic heterocycles. The maximum atomic E-state index is 11.0. The standard InChI is InChI=1S/C7H12N2O2/c10-6-8-7(11)9-4-2-1-3-5-9/h6H,1-5H2,(H,8,10,11). The highest BCUT2D eigenvalue weighted by Crippen LogP contribution is 2.07. The molecule has 0 atom stereocenters. The van der Waals surface area contributed by atoms with Gasteiger partial charge in [0.15, 0.2) is 0 Å². The van der Waals surface area contributed by atoms with Crippen molar-refractivity contribution in [2.75, 3.05) is 13.1 Å². The van der Waals surface area contributed by atoms with Gasteiger partial charge in [0.2, 0.25) is 6.41 Å². The van der Waals surface area contributed by atoms with Gasteiger partial charge in [-0.3, -0.25) is 10.1 Å². The van der Waals surface area contributed by atoms with E-state index in [0.717, 1.165) is 25.9 Å². The van der Waals surface area contributed by atoms with Gasteiger partial charge in [-0.25, -0.2) is 4.79 Å². The Morgan fingerprint density at radius 1 is 1.27 bits per heavy atom. The molecule has 0 saturated carbocycles. The van der Waals surface area contributed by atoms with Gasteiger partial charge in [-0.15, -0.1) is 0 Å². The molecule has 0 aromatic carbocycles. The van der Waals surface area contributed by atoms with Crippen molar-refractivity contribution < 1.29 is 9.59 Å². The summed E-state index contributed by atoms with van der Waals surface area (Å²) < 4.78 is 0. The molecule has 1 fully saturated rings. The summed E-state index contributed by atoms with van der Waals surface area (Å²) in [5.74, 6) is 0. The molecule has 1 aliphatic rings. The third kappa shape index (κ3) is 2.22. The van der Waals surface area contributed by atoms with E-state index in [0.29, 0.717) is 6.41 Å². The number of amides is 3. The lowest BCUT2D eigenvalue weighted by Gasteiger charge is -2.25. The van der Waals surface area contributed by atoms with Crippen LogP contribution in [0.4, 0.5) is 4.79 Å². The first-order chi connectivity index (χ1) is 5.34. The van der Waals surface area contributed by atoms with Crippen molar-refractivity contribution in [1.29, 1.82) is 0 Å². The van der Waals surface area contributed by atoms with E-state index in [4.69, 9.17) is 0 Å². The van der Waals surface area contributed by atoms with Crippen molar-refractivity contribution in [2.45, 2.75) is 19.3 Å². The number of hydrogen-bond acceptors (Lipinski definition) is 2. The first kappa shape index (κ1) is 8.04. The lowest BCUT2D eigenvalue weighted by Crippen LogP contribution is -2.42. The average Bonchev–Trinajstić information content (AvgIpc) is 2.07. The zero-order valence-electron chi connectivity index (χ0n) is 6.38. The number of imide groups is 1. The van der Waals surface area contributed by atoms with Crippen LogP contribution in [0.5, 0.6) is 0 Å². The molecule has 0 aromatic rings. The van der Waals surface area contributed by atoms with Gasteiger partial charge in [0.05, 0.1) is 0 Å². The summed E-state index contributed by atoms with van der Waals surface area (Å²) in [4.78, 5) is 22.5.